The zero-order valence-electron chi connectivity index (χ0n) is 11.6. The van der Waals surface area contributed by atoms with Crippen LogP contribution in [0, 0.1) is 12.7 Å². The number of esters is 1. The van der Waals surface area contributed by atoms with E-state index in [9.17, 15) is 9.18 Å². The van der Waals surface area contributed by atoms with Gasteiger partial charge in [-0.2, -0.15) is 0 Å². The van der Waals surface area contributed by atoms with Gasteiger partial charge in [0.05, 0.1) is 18.6 Å². The second-order valence-electron chi connectivity index (χ2n) is 4.22. The Morgan fingerprint density at radius 2 is 2.00 bits per heavy atom. The first-order valence-electron chi connectivity index (χ1n) is 6.11. The first-order chi connectivity index (χ1) is 10.0. The summed E-state index contributed by atoms with van der Waals surface area (Å²) >= 11 is 1.46. The summed E-state index contributed by atoms with van der Waals surface area (Å²) in [4.78, 5) is 20.8. The third-order valence-electron chi connectivity index (χ3n) is 2.74. The van der Waals surface area contributed by atoms with Gasteiger partial charge in [-0.3, -0.25) is 0 Å². The summed E-state index contributed by atoms with van der Waals surface area (Å²) in [6.45, 7) is 1.68. The Morgan fingerprint density at radius 1 is 1.33 bits per heavy atom. The molecule has 2 rings (SSSR count). The number of carbonyl (C=O) groups is 1. The molecule has 5 nitrogen and oxygen atoms in total. The van der Waals surface area contributed by atoms with Crippen LogP contribution >= 0.6 is 11.8 Å². The van der Waals surface area contributed by atoms with Crippen LogP contribution < -0.4 is 5.73 Å². The summed E-state index contributed by atoms with van der Waals surface area (Å²) < 4.78 is 17.5. The molecule has 0 fully saturated rings. The summed E-state index contributed by atoms with van der Waals surface area (Å²) in [5.74, 6) is 0.245. The molecule has 110 valence electrons. The van der Waals surface area contributed by atoms with E-state index in [1.165, 1.54) is 31.0 Å². The lowest BCUT2D eigenvalue weighted by Gasteiger charge is -2.08. The number of hydrogen-bond donors (Lipinski definition) is 1. The van der Waals surface area contributed by atoms with Crippen molar-refractivity contribution < 1.29 is 13.9 Å². The van der Waals surface area contributed by atoms with Crippen molar-refractivity contribution in [2.75, 3.05) is 12.8 Å². The van der Waals surface area contributed by atoms with Crippen LogP contribution in [0.1, 0.15) is 21.9 Å². The Balaban J connectivity index is 2.14. The van der Waals surface area contributed by atoms with Gasteiger partial charge in [0.25, 0.3) is 0 Å². The van der Waals surface area contributed by atoms with Crippen LogP contribution in [0.5, 0.6) is 0 Å². The molecule has 21 heavy (non-hydrogen) atoms. The van der Waals surface area contributed by atoms with Gasteiger partial charge in [-0.25, -0.2) is 19.2 Å². The van der Waals surface area contributed by atoms with Crippen molar-refractivity contribution in [3.8, 4) is 0 Å². The summed E-state index contributed by atoms with van der Waals surface area (Å²) in [6, 6.07) is 6.14. The summed E-state index contributed by atoms with van der Waals surface area (Å²) in [7, 11) is 1.28. The third kappa shape index (κ3) is 3.69. The highest BCUT2D eigenvalue weighted by molar-refractivity contribution is 7.98. The maximum Gasteiger partial charge on any atom is 0.343 e. The molecule has 0 saturated carbocycles. The lowest BCUT2D eigenvalue weighted by molar-refractivity contribution is 0.0600. The van der Waals surface area contributed by atoms with Gasteiger partial charge in [-0.05, 0) is 31.2 Å². The molecule has 0 spiro atoms. The van der Waals surface area contributed by atoms with Crippen molar-refractivity contribution in [3.63, 3.8) is 0 Å². The van der Waals surface area contributed by atoms with Gasteiger partial charge in [0.15, 0.2) is 0 Å². The van der Waals surface area contributed by atoms with E-state index in [1.54, 1.807) is 19.1 Å². The number of nitrogens with two attached hydrogens (primary N) is 1. The first-order valence-corrected chi connectivity index (χ1v) is 7.09. The quantitative estimate of drug-likeness (QED) is 0.691. The van der Waals surface area contributed by atoms with E-state index < -0.39 is 5.97 Å². The van der Waals surface area contributed by atoms with Crippen LogP contribution in [0.2, 0.25) is 0 Å². The van der Waals surface area contributed by atoms with Crippen molar-refractivity contribution in [1.29, 1.82) is 0 Å². The molecule has 0 saturated heterocycles. The number of benzene rings is 1. The van der Waals surface area contributed by atoms with Crippen molar-refractivity contribution in [2.24, 2.45) is 0 Å². The average Bonchev–Trinajstić information content (AvgIpc) is 2.45. The number of nitrogens with zero attached hydrogens (tertiary/aromatic N) is 2. The fourth-order valence-electron chi connectivity index (χ4n) is 1.75. The molecular formula is C14H14FN3O2S. The number of thioether (sulfide) groups is 1. The molecule has 0 aliphatic carbocycles. The van der Waals surface area contributed by atoms with Crippen LogP contribution in [-0.4, -0.2) is 23.0 Å². The second kappa shape index (κ2) is 6.53. The number of rotatable bonds is 4. The lowest BCUT2D eigenvalue weighted by Crippen LogP contribution is -2.13. The Hall–Kier alpha value is -2.15. The van der Waals surface area contributed by atoms with Gasteiger partial charge < -0.3 is 10.5 Å². The molecule has 0 amide bonds. The predicted molar refractivity (Wildman–Crippen MR) is 78.5 cm³/mol. The van der Waals surface area contributed by atoms with E-state index in [0.29, 0.717) is 17.3 Å². The highest BCUT2D eigenvalue weighted by Crippen LogP contribution is 2.23. The SMILES string of the molecule is COC(=O)c1c(C)nc(CSc2ccc(F)cc2)nc1N. The number of aryl methyl sites for hydroxylation is 1. The van der Waals surface area contributed by atoms with E-state index in [-0.39, 0.29) is 17.2 Å². The van der Waals surface area contributed by atoms with E-state index in [1.807, 2.05) is 0 Å². The number of carbonyl (C=O) groups excluding carboxylic acids is 1. The second-order valence-corrected chi connectivity index (χ2v) is 5.27. The van der Waals surface area contributed by atoms with Gasteiger partial charge in [0.1, 0.15) is 23.0 Å². The van der Waals surface area contributed by atoms with Crippen LogP contribution in [-0.2, 0) is 10.5 Å². The Morgan fingerprint density at radius 3 is 2.57 bits per heavy atom. The van der Waals surface area contributed by atoms with Crippen molar-refractivity contribution in [2.45, 2.75) is 17.6 Å². The van der Waals surface area contributed by atoms with Crippen LogP contribution in [0.4, 0.5) is 10.2 Å². The number of hydrogen-bond acceptors (Lipinski definition) is 6. The fourth-order valence-corrected chi connectivity index (χ4v) is 2.51. The van der Waals surface area contributed by atoms with Crippen molar-refractivity contribution in [3.05, 3.63) is 47.2 Å². The molecule has 0 unspecified atom stereocenters. The van der Waals surface area contributed by atoms with Crippen molar-refractivity contribution >= 4 is 23.5 Å². The monoisotopic (exact) mass is 307 g/mol. The van der Waals surface area contributed by atoms with Crippen molar-refractivity contribution in [1.82, 2.24) is 9.97 Å². The minimum absolute atomic E-state index is 0.101. The van der Waals surface area contributed by atoms with E-state index in [2.05, 4.69) is 14.7 Å². The maximum absolute atomic E-state index is 12.8. The minimum atomic E-state index is -0.553. The molecule has 0 aliphatic heterocycles. The standard InChI is InChI=1S/C14H14FN3O2S/c1-8-12(14(19)20-2)13(16)18-11(17-8)7-21-10-5-3-9(15)4-6-10/h3-6H,7H2,1-2H3,(H2,16,17,18). The van der Waals surface area contributed by atoms with Crippen LogP contribution in [0.3, 0.4) is 0 Å². The van der Waals surface area contributed by atoms with E-state index in [4.69, 9.17) is 5.73 Å². The van der Waals surface area contributed by atoms with E-state index in [0.717, 1.165) is 4.90 Å². The molecule has 7 heteroatoms. The number of aromatic nitrogens is 2. The highest BCUT2D eigenvalue weighted by atomic mass is 32.2. The zero-order valence-corrected chi connectivity index (χ0v) is 12.4. The minimum Gasteiger partial charge on any atom is -0.465 e. The number of ether oxygens (including phenoxy) is 1. The molecule has 2 N–H and O–H groups in total. The van der Waals surface area contributed by atoms with Crippen LogP contribution in [0.25, 0.3) is 0 Å². The first kappa shape index (κ1) is 15.2. The fraction of sp³-hybridized carbons (Fsp3) is 0.214. The maximum atomic E-state index is 12.8. The lowest BCUT2D eigenvalue weighted by atomic mass is 10.2. The van der Waals surface area contributed by atoms with Crippen LogP contribution in [0.15, 0.2) is 29.2 Å². The Bertz CT molecular complexity index is 639. The molecule has 0 aliphatic rings. The zero-order chi connectivity index (χ0) is 15.4. The predicted octanol–water partition coefficient (Wildman–Crippen LogP) is 2.59. The number of halogens is 1. The molecule has 0 radical (unpaired) electrons. The molecule has 1 aromatic carbocycles. The smallest absolute Gasteiger partial charge is 0.343 e. The van der Waals surface area contributed by atoms with Gasteiger partial charge >= 0.3 is 5.97 Å². The summed E-state index contributed by atoms with van der Waals surface area (Å²) in [5, 5.41) is 0. The van der Waals surface area contributed by atoms with Gasteiger partial charge in [-0.15, -0.1) is 11.8 Å². The number of anilines is 1. The Kier molecular flexibility index (Phi) is 4.74. The molecule has 1 aromatic heterocycles. The average molecular weight is 307 g/mol. The largest absolute Gasteiger partial charge is 0.465 e. The van der Waals surface area contributed by atoms with Gasteiger partial charge in [0, 0.05) is 4.90 Å². The molecular weight excluding hydrogens is 293 g/mol. The third-order valence-corrected chi connectivity index (χ3v) is 3.74. The Labute approximate surface area is 125 Å². The highest BCUT2D eigenvalue weighted by Gasteiger charge is 2.17. The summed E-state index contributed by atoms with van der Waals surface area (Å²) in [6.07, 6.45) is 0. The number of nitrogen functional groups attached to an aromatic ring is 1. The summed E-state index contributed by atoms with van der Waals surface area (Å²) in [5.41, 5.74) is 6.44. The molecule has 0 bridgehead atoms. The molecule has 1 heterocycles. The topological polar surface area (TPSA) is 78.1 Å². The normalized spacial score (nSPS) is 10.4. The van der Waals surface area contributed by atoms with Gasteiger partial charge in [0.2, 0.25) is 0 Å². The number of methoxy groups -OCH3 is 1. The molecule has 0 atom stereocenters. The van der Waals surface area contributed by atoms with Gasteiger partial charge in [-0.1, -0.05) is 0 Å². The van der Waals surface area contributed by atoms with E-state index >= 15 is 0 Å². The molecule has 2 aromatic rings.